The first-order valence-electron chi connectivity index (χ1n) is 6.44. The molecule has 0 amide bonds. The van der Waals surface area contributed by atoms with Crippen LogP contribution in [0.25, 0.3) is 0 Å². The van der Waals surface area contributed by atoms with Gasteiger partial charge in [-0.2, -0.15) is 0 Å². The van der Waals surface area contributed by atoms with Crippen LogP contribution in [0.5, 0.6) is 5.75 Å². The molecular formula is C14H19NO3. The van der Waals surface area contributed by atoms with E-state index < -0.39 is 0 Å². The number of rotatable bonds is 4. The monoisotopic (exact) mass is 249 g/mol. The van der Waals surface area contributed by atoms with Crippen molar-refractivity contribution in [1.82, 2.24) is 5.32 Å². The van der Waals surface area contributed by atoms with Gasteiger partial charge in [0.25, 0.3) is 0 Å². The van der Waals surface area contributed by atoms with Gasteiger partial charge < -0.3 is 14.8 Å². The van der Waals surface area contributed by atoms with Crippen LogP contribution in [0.3, 0.4) is 0 Å². The minimum atomic E-state index is -0.289. The molecule has 1 aromatic carbocycles. The van der Waals surface area contributed by atoms with Gasteiger partial charge in [0.2, 0.25) is 0 Å². The molecule has 1 heterocycles. The van der Waals surface area contributed by atoms with E-state index in [9.17, 15) is 4.79 Å². The zero-order valence-corrected chi connectivity index (χ0v) is 10.6. The third kappa shape index (κ3) is 3.47. The molecule has 1 aromatic rings. The van der Waals surface area contributed by atoms with E-state index in [0.717, 1.165) is 31.7 Å². The molecule has 18 heavy (non-hydrogen) atoms. The van der Waals surface area contributed by atoms with Crippen molar-refractivity contribution >= 4 is 5.97 Å². The number of hydrogen-bond donors (Lipinski definition) is 1. The predicted octanol–water partition coefficient (Wildman–Crippen LogP) is 1.99. The molecule has 0 unspecified atom stereocenters. The Morgan fingerprint density at radius 1 is 1.39 bits per heavy atom. The Balaban J connectivity index is 1.92. The summed E-state index contributed by atoms with van der Waals surface area (Å²) in [5.41, 5.74) is 0.561. The lowest BCUT2D eigenvalue weighted by Crippen LogP contribution is -2.37. The Hall–Kier alpha value is -1.55. The second kappa shape index (κ2) is 6.40. The lowest BCUT2D eigenvalue weighted by Gasteiger charge is -2.23. The van der Waals surface area contributed by atoms with Crippen LogP contribution < -0.4 is 10.1 Å². The second-order valence-electron chi connectivity index (χ2n) is 4.33. The van der Waals surface area contributed by atoms with Crippen molar-refractivity contribution < 1.29 is 14.3 Å². The van der Waals surface area contributed by atoms with Gasteiger partial charge in [0.05, 0.1) is 12.2 Å². The summed E-state index contributed by atoms with van der Waals surface area (Å²) in [6.45, 7) is 4.15. The zero-order valence-electron chi connectivity index (χ0n) is 10.6. The molecule has 0 bridgehead atoms. The topological polar surface area (TPSA) is 47.6 Å². The van der Waals surface area contributed by atoms with Gasteiger partial charge in [0, 0.05) is 6.54 Å². The first kappa shape index (κ1) is 12.9. The number of piperidine rings is 1. The third-order valence-electron chi connectivity index (χ3n) is 2.92. The Kier molecular flexibility index (Phi) is 4.59. The average molecular weight is 249 g/mol. The maximum absolute atomic E-state index is 11.5. The van der Waals surface area contributed by atoms with Gasteiger partial charge in [-0.25, -0.2) is 4.79 Å². The maximum atomic E-state index is 11.5. The first-order chi connectivity index (χ1) is 8.79. The molecule has 0 saturated carbocycles. The first-order valence-corrected chi connectivity index (χ1v) is 6.44. The van der Waals surface area contributed by atoms with Gasteiger partial charge in [0.1, 0.15) is 11.9 Å². The van der Waals surface area contributed by atoms with Crippen molar-refractivity contribution in [2.75, 3.05) is 19.7 Å². The van der Waals surface area contributed by atoms with Gasteiger partial charge in [-0.3, -0.25) is 0 Å². The molecule has 1 saturated heterocycles. The van der Waals surface area contributed by atoms with Crippen LogP contribution in [0, 0.1) is 0 Å². The van der Waals surface area contributed by atoms with Crippen molar-refractivity contribution in [2.24, 2.45) is 0 Å². The van der Waals surface area contributed by atoms with Crippen LogP contribution >= 0.6 is 0 Å². The lowest BCUT2D eigenvalue weighted by atomic mass is 10.1. The van der Waals surface area contributed by atoms with E-state index in [2.05, 4.69) is 5.32 Å². The highest BCUT2D eigenvalue weighted by atomic mass is 16.5. The van der Waals surface area contributed by atoms with Gasteiger partial charge in [-0.05, 0) is 50.6 Å². The normalized spacial score (nSPS) is 19.3. The molecule has 0 spiro atoms. The summed E-state index contributed by atoms with van der Waals surface area (Å²) in [6, 6.07) is 7.12. The maximum Gasteiger partial charge on any atom is 0.338 e. The summed E-state index contributed by atoms with van der Waals surface area (Å²) in [5, 5.41) is 3.30. The Bertz CT molecular complexity index is 383. The van der Waals surface area contributed by atoms with E-state index in [0.29, 0.717) is 12.2 Å². The summed E-state index contributed by atoms with van der Waals surface area (Å²) < 4.78 is 10.8. The predicted molar refractivity (Wildman–Crippen MR) is 68.9 cm³/mol. The van der Waals surface area contributed by atoms with Crippen molar-refractivity contribution in [3.05, 3.63) is 29.8 Å². The summed E-state index contributed by atoms with van der Waals surface area (Å²) in [7, 11) is 0. The van der Waals surface area contributed by atoms with Gasteiger partial charge in [0.15, 0.2) is 0 Å². The van der Waals surface area contributed by atoms with Crippen LogP contribution in [0.1, 0.15) is 30.1 Å². The minimum Gasteiger partial charge on any atom is -0.489 e. The van der Waals surface area contributed by atoms with E-state index in [4.69, 9.17) is 9.47 Å². The Morgan fingerprint density at radius 3 is 2.78 bits per heavy atom. The van der Waals surface area contributed by atoms with E-state index in [1.165, 1.54) is 0 Å². The summed E-state index contributed by atoms with van der Waals surface area (Å²) in [5.74, 6) is 0.514. The number of carbonyl (C=O) groups is 1. The highest BCUT2D eigenvalue weighted by molar-refractivity contribution is 5.89. The van der Waals surface area contributed by atoms with E-state index in [1.807, 2.05) is 12.1 Å². The van der Waals surface area contributed by atoms with Crippen LogP contribution in [-0.4, -0.2) is 31.8 Å². The molecule has 1 aliphatic heterocycles. The summed E-state index contributed by atoms with van der Waals surface area (Å²) in [6.07, 6.45) is 2.45. The summed E-state index contributed by atoms with van der Waals surface area (Å²) >= 11 is 0. The van der Waals surface area contributed by atoms with Crippen LogP contribution in [0.2, 0.25) is 0 Å². The number of nitrogens with one attached hydrogen (secondary N) is 1. The Labute approximate surface area is 107 Å². The lowest BCUT2D eigenvalue weighted by molar-refractivity contribution is 0.0526. The SMILES string of the molecule is CCOC(=O)c1ccc(O[C@H]2CCCNC2)cc1. The molecule has 0 radical (unpaired) electrons. The number of hydrogen-bond acceptors (Lipinski definition) is 4. The Morgan fingerprint density at radius 2 is 2.17 bits per heavy atom. The standard InChI is InChI=1S/C14H19NO3/c1-2-17-14(16)11-5-7-12(8-6-11)18-13-4-3-9-15-10-13/h5-8,13,15H,2-4,9-10H2,1H3/t13-/m0/s1. The van der Waals surface area contributed by atoms with E-state index in [-0.39, 0.29) is 12.1 Å². The number of esters is 1. The molecule has 0 aromatic heterocycles. The molecule has 1 N–H and O–H groups in total. The molecule has 4 heteroatoms. The number of benzene rings is 1. The zero-order chi connectivity index (χ0) is 12.8. The number of carbonyl (C=O) groups excluding carboxylic acids is 1. The van der Waals surface area contributed by atoms with Crippen molar-refractivity contribution in [3.63, 3.8) is 0 Å². The van der Waals surface area contributed by atoms with E-state index in [1.54, 1.807) is 19.1 Å². The minimum absolute atomic E-state index is 0.229. The van der Waals surface area contributed by atoms with Gasteiger partial charge in [-0.1, -0.05) is 0 Å². The molecule has 0 aliphatic carbocycles. The fourth-order valence-corrected chi connectivity index (χ4v) is 2.00. The third-order valence-corrected chi connectivity index (χ3v) is 2.92. The molecular weight excluding hydrogens is 230 g/mol. The highest BCUT2D eigenvalue weighted by Crippen LogP contribution is 2.17. The number of ether oxygens (including phenoxy) is 2. The fourth-order valence-electron chi connectivity index (χ4n) is 2.00. The van der Waals surface area contributed by atoms with Crippen LogP contribution in [0.15, 0.2) is 24.3 Å². The van der Waals surface area contributed by atoms with Crippen molar-refractivity contribution in [2.45, 2.75) is 25.9 Å². The molecule has 1 aliphatic rings. The van der Waals surface area contributed by atoms with Crippen molar-refractivity contribution in [1.29, 1.82) is 0 Å². The second-order valence-corrected chi connectivity index (χ2v) is 4.33. The smallest absolute Gasteiger partial charge is 0.338 e. The van der Waals surface area contributed by atoms with Crippen molar-refractivity contribution in [3.8, 4) is 5.75 Å². The fraction of sp³-hybridized carbons (Fsp3) is 0.500. The molecule has 2 rings (SSSR count). The van der Waals surface area contributed by atoms with Gasteiger partial charge >= 0.3 is 5.97 Å². The van der Waals surface area contributed by atoms with Gasteiger partial charge in [-0.15, -0.1) is 0 Å². The van der Waals surface area contributed by atoms with Crippen LogP contribution in [0.4, 0.5) is 0 Å². The quantitative estimate of drug-likeness (QED) is 0.829. The highest BCUT2D eigenvalue weighted by Gasteiger charge is 2.14. The van der Waals surface area contributed by atoms with E-state index >= 15 is 0 Å². The molecule has 1 fully saturated rings. The largest absolute Gasteiger partial charge is 0.489 e. The molecule has 4 nitrogen and oxygen atoms in total. The van der Waals surface area contributed by atoms with Crippen LogP contribution in [-0.2, 0) is 4.74 Å². The summed E-state index contributed by atoms with van der Waals surface area (Å²) in [4.78, 5) is 11.5. The molecule has 1 atom stereocenters. The average Bonchev–Trinajstić information content (AvgIpc) is 2.41. The molecule has 98 valence electrons.